The number of para-hydroxylation sites is 2. The zero-order valence-corrected chi connectivity index (χ0v) is 12.7. The number of hydrogen-bond donors (Lipinski definition) is 1. The molecule has 1 unspecified atom stereocenters. The summed E-state index contributed by atoms with van der Waals surface area (Å²) in [5.74, 6) is 1.56. The molecule has 0 heterocycles. The van der Waals surface area contributed by atoms with E-state index >= 15 is 0 Å². The quantitative estimate of drug-likeness (QED) is 0.755. The van der Waals surface area contributed by atoms with Crippen molar-refractivity contribution in [1.29, 1.82) is 0 Å². The Morgan fingerprint density at radius 3 is 2.33 bits per heavy atom. The van der Waals surface area contributed by atoms with Crippen LogP contribution < -0.4 is 14.8 Å². The molecule has 3 nitrogen and oxygen atoms in total. The van der Waals surface area contributed by atoms with Crippen LogP contribution in [0.25, 0.3) is 0 Å². The van der Waals surface area contributed by atoms with Gasteiger partial charge in [-0.1, -0.05) is 42.5 Å². The molecule has 21 heavy (non-hydrogen) atoms. The van der Waals surface area contributed by atoms with Crippen LogP contribution in [0.5, 0.6) is 11.5 Å². The number of methoxy groups -OCH3 is 1. The number of hydrogen-bond acceptors (Lipinski definition) is 3. The van der Waals surface area contributed by atoms with Crippen LogP contribution in [0.4, 0.5) is 0 Å². The molecule has 0 aliphatic rings. The molecule has 0 aliphatic heterocycles. The summed E-state index contributed by atoms with van der Waals surface area (Å²) in [6.07, 6.45) is 1.02. The highest BCUT2D eigenvalue weighted by molar-refractivity contribution is 5.39. The van der Waals surface area contributed by atoms with Gasteiger partial charge in [0, 0.05) is 12.6 Å². The van der Waals surface area contributed by atoms with E-state index in [0.717, 1.165) is 24.5 Å². The standard InChI is InChI=1S/C18H23NO2/c1-15(14-16-8-4-3-5-9-16)19-12-13-21-18-11-7-6-10-17(18)20-2/h3-11,15,19H,12-14H2,1-2H3. The summed E-state index contributed by atoms with van der Waals surface area (Å²) >= 11 is 0. The Morgan fingerprint density at radius 1 is 0.952 bits per heavy atom. The van der Waals surface area contributed by atoms with Gasteiger partial charge in [0.05, 0.1) is 7.11 Å². The van der Waals surface area contributed by atoms with Crippen molar-refractivity contribution in [2.24, 2.45) is 0 Å². The van der Waals surface area contributed by atoms with Crippen LogP contribution >= 0.6 is 0 Å². The van der Waals surface area contributed by atoms with E-state index in [2.05, 4.69) is 36.5 Å². The van der Waals surface area contributed by atoms with Crippen LogP contribution in [-0.2, 0) is 6.42 Å². The van der Waals surface area contributed by atoms with Crippen LogP contribution in [0, 0.1) is 0 Å². The molecule has 0 saturated heterocycles. The Hall–Kier alpha value is -2.00. The minimum Gasteiger partial charge on any atom is -0.493 e. The molecule has 1 N–H and O–H groups in total. The third-order valence-electron chi connectivity index (χ3n) is 3.31. The molecule has 0 amide bonds. The van der Waals surface area contributed by atoms with E-state index in [-0.39, 0.29) is 0 Å². The highest BCUT2D eigenvalue weighted by Crippen LogP contribution is 2.25. The predicted octanol–water partition coefficient (Wildman–Crippen LogP) is 3.29. The summed E-state index contributed by atoms with van der Waals surface area (Å²) < 4.78 is 11.0. The van der Waals surface area contributed by atoms with Crippen molar-refractivity contribution in [3.8, 4) is 11.5 Å². The number of ether oxygens (including phenoxy) is 2. The minimum absolute atomic E-state index is 0.425. The highest BCUT2D eigenvalue weighted by atomic mass is 16.5. The zero-order valence-electron chi connectivity index (χ0n) is 12.7. The fourth-order valence-electron chi connectivity index (χ4n) is 2.24. The second kappa shape index (κ2) is 8.32. The van der Waals surface area contributed by atoms with Crippen LogP contribution in [-0.4, -0.2) is 26.3 Å². The molecule has 0 aromatic heterocycles. The summed E-state index contributed by atoms with van der Waals surface area (Å²) in [6, 6.07) is 18.6. The molecule has 0 radical (unpaired) electrons. The minimum atomic E-state index is 0.425. The highest BCUT2D eigenvalue weighted by Gasteiger charge is 2.04. The van der Waals surface area contributed by atoms with Crippen LogP contribution in [0.15, 0.2) is 54.6 Å². The first-order valence-electron chi connectivity index (χ1n) is 7.32. The molecule has 0 saturated carbocycles. The molecular formula is C18H23NO2. The van der Waals surface area contributed by atoms with Gasteiger partial charge in [-0.15, -0.1) is 0 Å². The molecule has 0 spiro atoms. The van der Waals surface area contributed by atoms with Crippen molar-refractivity contribution in [3.63, 3.8) is 0 Å². The Morgan fingerprint density at radius 2 is 1.62 bits per heavy atom. The largest absolute Gasteiger partial charge is 0.493 e. The molecule has 2 aromatic carbocycles. The average molecular weight is 285 g/mol. The SMILES string of the molecule is COc1ccccc1OCCNC(C)Cc1ccccc1. The first-order chi connectivity index (χ1) is 10.3. The second-order valence-corrected chi connectivity index (χ2v) is 5.04. The fourth-order valence-corrected chi connectivity index (χ4v) is 2.24. The van der Waals surface area contributed by atoms with Crippen LogP contribution in [0.2, 0.25) is 0 Å². The van der Waals surface area contributed by atoms with E-state index in [4.69, 9.17) is 9.47 Å². The van der Waals surface area contributed by atoms with E-state index in [1.54, 1.807) is 7.11 Å². The molecule has 2 rings (SSSR count). The lowest BCUT2D eigenvalue weighted by Gasteiger charge is -2.15. The van der Waals surface area contributed by atoms with Gasteiger partial charge in [0.1, 0.15) is 6.61 Å². The molecule has 1 atom stereocenters. The van der Waals surface area contributed by atoms with Gasteiger partial charge in [-0.05, 0) is 31.0 Å². The van der Waals surface area contributed by atoms with Gasteiger partial charge in [-0.3, -0.25) is 0 Å². The van der Waals surface area contributed by atoms with Gasteiger partial charge in [0.15, 0.2) is 11.5 Å². The maximum atomic E-state index is 5.74. The Kier molecular flexibility index (Phi) is 6.10. The predicted molar refractivity (Wildman–Crippen MR) is 86.1 cm³/mol. The first kappa shape index (κ1) is 15.4. The van der Waals surface area contributed by atoms with E-state index in [9.17, 15) is 0 Å². The zero-order chi connectivity index (χ0) is 14.9. The fraction of sp³-hybridized carbons (Fsp3) is 0.333. The van der Waals surface area contributed by atoms with Crippen molar-refractivity contribution in [3.05, 3.63) is 60.2 Å². The van der Waals surface area contributed by atoms with E-state index in [1.165, 1.54) is 5.56 Å². The number of nitrogens with one attached hydrogen (secondary N) is 1. The maximum Gasteiger partial charge on any atom is 0.161 e. The lowest BCUT2D eigenvalue weighted by Crippen LogP contribution is -2.31. The van der Waals surface area contributed by atoms with Gasteiger partial charge in [0.25, 0.3) is 0 Å². The molecular weight excluding hydrogens is 262 g/mol. The van der Waals surface area contributed by atoms with Crippen molar-refractivity contribution in [1.82, 2.24) is 5.32 Å². The van der Waals surface area contributed by atoms with Gasteiger partial charge >= 0.3 is 0 Å². The Balaban J connectivity index is 1.70. The summed E-state index contributed by atoms with van der Waals surface area (Å²) in [4.78, 5) is 0. The van der Waals surface area contributed by atoms with Crippen LogP contribution in [0.1, 0.15) is 12.5 Å². The lowest BCUT2D eigenvalue weighted by molar-refractivity contribution is 0.287. The topological polar surface area (TPSA) is 30.5 Å². The first-order valence-corrected chi connectivity index (χ1v) is 7.32. The Bertz CT molecular complexity index is 528. The number of rotatable bonds is 8. The van der Waals surface area contributed by atoms with Gasteiger partial charge in [-0.25, -0.2) is 0 Å². The summed E-state index contributed by atoms with van der Waals surface area (Å²) in [5, 5.41) is 3.47. The summed E-state index contributed by atoms with van der Waals surface area (Å²) in [5.41, 5.74) is 1.35. The molecule has 0 aliphatic carbocycles. The summed E-state index contributed by atoms with van der Waals surface area (Å²) in [7, 11) is 1.66. The lowest BCUT2D eigenvalue weighted by atomic mass is 10.1. The van der Waals surface area contributed by atoms with Gasteiger partial charge in [0.2, 0.25) is 0 Å². The molecule has 0 fully saturated rings. The van der Waals surface area contributed by atoms with Gasteiger partial charge < -0.3 is 14.8 Å². The molecule has 2 aromatic rings. The van der Waals surface area contributed by atoms with Crippen molar-refractivity contribution in [2.45, 2.75) is 19.4 Å². The monoisotopic (exact) mass is 285 g/mol. The number of benzene rings is 2. The third kappa shape index (κ3) is 5.12. The van der Waals surface area contributed by atoms with Crippen molar-refractivity contribution >= 4 is 0 Å². The smallest absolute Gasteiger partial charge is 0.161 e. The normalized spacial score (nSPS) is 11.9. The van der Waals surface area contributed by atoms with E-state index in [1.807, 2.05) is 30.3 Å². The Labute approximate surface area is 126 Å². The van der Waals surface area contributed by atoms with Crippen molar-refractivity contribution < 1.29 is 9.47 Å². The van der Waals surface area contributed by atoms with Crippen molar-refractivity contribution in [2.75, 3.05) is 20.3 Å². The summed E-state index contributed by atoms with van der Waals surface area (Å²) in [6.45, 7) is 3.63. The molecule has 0 bridgehead atoms. The van der Waals surface area contributed by atoms with E-state index < -0.39 is 0 Å². The average Bonchev–Trinajstić information content (AvgIpc) is 2.53. The van der Waals surface area contributed by atoms with E-state index in [0.29, 0.717) is 12.6 Å². The second-order valence-electron chi connectivity index (χ2n) is 5.04. The maximum absolute atomic E-state index is 5.74. The van der Waals surface area contributed by atoms with Gasteiger partial charge in [-0.2, -0.15) is 0 Å². The third-order valence-corrected chi connectivity index (χ3v) is 3.31. The molecule has 112 valence electrons. The van der Waals surface area contributed by atoms with Crippen LogP contribution in [0.3, 0.4) is 0 Å². The molecule has 3 heteroatoms.